The summed E-state index contributed by atoms with van der Waals surface area (Å²) < 4.78 is 5.55. The van der Waals surface area contributed by atoms with Crippen LogP contribution in [0.5, 0.6) is 5.75 Å². The highest BCUT2D eigenvalue weighted by molar-refractivity contribution is 5.91. The molecule has 2 amide bonds. The van der Waals surface area contributed by atoms with Crippen LogP contribution < -0.4 is 21.1 Å². The summed E-state index contributed by atoms with van der Waals surface area (Å²) in [5, 5.41) is 5.80. The predicted molar refractivity (Wildman–Crippen MR) is 121 cm³/mol. The van der Waals surface area contributed by atoms with Crippen molar-refractivity contribution in [3.63, 3.8) is 0 Å². The minimum absolute atomic E-state index is 0. The fraction of sp³-hybridized carbons (Fsp3) is 0.391. The second-order valence-electron chi connectivity index (χ2n) is 7.66. The Kier molecular flexibility index (Phi) is 9.15. The summed E-state index contributed by atoms with van der Waals surface area (Å²) in [5.74, 6) is 0.605. The molecular formula is C23H30ClN3O3. The first kappa shape index (κ1) is 23.7. The van der Waals surface area contributed by atoms with Gasteiger partial charge >= 0.3 is 0 Å². The van der Waals surface area contributed by atoms with Crippen LogP contribution in [0, 0.1) is 12.8 Å². The van der Waals surface area contributed by atoms with Gasteiger partial charge in [0, 0.05) is 24.2 Å². The number of nitrogens with two attached hydrogens (primary N) is 1. The Balaban J connectivity index is 0.00000320. The highest BCUT2D eigenvalue weighted by atomic mass is 35.5. The van der Waals surface area contributed by atoms with Gasteiger partial charge < -0.3 is 21.1 Å². The van der Waals surface area contributed by atoms with Gasteiger partial charge in [-0.25, -0.2) is 0 Å². The molecule has 0 radical (unpaired) electrons. The van der Waals surface area contributed by atoms with Crippen molar-refractivity contribution in [2.75, 3.05) is 18.5 Å². The van der Waals surface area contributed by atoms with Crippen molar-refractivity contribution in [1.82, 2.24) is 5.32 Å². The highest BCUT2D eigenvalue weighted by Gasteiger charge is 2.27. The lowest BCUT2D eigenvalue weighted by Gasteiger charge is -2.11. The lowest BCUT2D eigenvalue weighted by molar-refractivity contribution is -0.124. The smallest absolute Gasteiger partial charge is 0.262 e. The van der Waals surface area contributed by atoms with Gasteiger partial charge in [-0.3, -0.25) is 9.59 Å². The number of nitrogens with one attached hydrogen (secondary N) is 2. The molecule has 0 aromatic heterocycles. The Morgan fingerprint density at radius 1 is 1.07 bits per heavy atom. The molecule has 0 heterocycles. The second-order valence-corrected chi connectivity index (χ2v) is 7.66. The molecule has 0 spiro atoms. The monoisotopic (exact) mass is 431 g/mol. The Bertz CT molecular complexity index is 825. The SMILES string of the molecule is Cc1ccc(NC(=O)COc2ccc(CCNC(=O)C3CCC(N)C3)cc2)cc1.Cl. The third-order valence-electron chi connectivity index (χ3n) is 5.19. The first-order valence-corrected chi connectivity index (χ1v) is 10.1. The van der Waals surface area contributed by atoms with E-state index in [0.717, 1.165) is 42.5 Å². The number of ether oxygens (including phenoxy) is 1. The molecule has 162 valence electrons. The van der Waals surface area contributed by atoms with Crippen molar-refractivity contribution in [3.8, 4) is 5.75 Å². The number of carbonyl (C=O) groups is 2. The zero-order chi connectivity index (χ0) is 20.6. The van der Waals surface area contributed by atoms with Crippen LogP contribution in [-0.4, -0.2) is 31.0 Å². The van der Waals surface area contributed by atoms with Crippen LogP contribution >= 0.6 is 12.4 Å². The van der Waals surface area contributed by atoms with Gasteiger partial charge in [0.05, 0.1) is 0 Å². The van der Waals surface area contributed by atoms with Crippen LogP contribution in [-0.2, 0) is 16.0 Å². The summed E-state index contributed by atoms with van der Waals surface area (Å²) >= 11 is 0. The fourth-order valence-electron chi connectivity index (χ4n) is 3.46. The zero-order valence-corrected chi connectivity index (χ0v) is 18.0. The number of carbonyl (C=O) groups excluding carboxylic acids is 2. The molecule has 2 aromatic carbocycles. The minimum atomic E-state index is -0.202. The molecule has 2 atom stereocenters. The van der Waals surface area contributed by atoms with E-state index >= 15 is 0 Å². The molecular weight excluding hydrogens is 402 g/mol. The maximum atomic E-state index is 12.1. The standard InChI is InChI=1S/C23H29N3O3.ClH/c1-16-2-8-20(9-3-16)26-22(27)15-29-21-10-4-17(5-11-21)12-13-25-23(28)18-6-7-19(24)14-18;/h2-5,8-11,18-19H,6-7,12-15,24H2,1H3,(H,25,28)(H,26,27);1H. The number of anilines is 1. The molecule has 1 aliphatic carbocycles. The van der Waals surface area contributed by atoms with Gasteiger partial charge in [0.25, 0.3) is 5.91 Å². The van der Waals surface area contributed by atoms with Crippen molar-refractivity contribution in [1.29, 1.82) is 0 Å². The molecule has 30 heavy (non-hydrogen) atoms. The summed E-state index contributed by atoms with van der Waals surface area (Å²) in [4.78, 5) is 24.1. The van der Waals surface area contributed by atoms with Gasteiger partial charge in [-0.2, -0.15) is 0 Å². The van der Waals surface area contributed by atoms with Crippen LogP contribution in [0.1, 0.15) is 30.4 Å². The molecule has 0 aliphatic heterocycles. The summed E-state index contributed by atoms with van der Waals surface area (Å²) in [6.07, 6.45) is 3.35. The maximum absolute atomic E-state index is 12.1. The Labute approximate surface area is 184 Å². The topological polar surface area (TPSA) is 93.5 Å². The average molecular weight is 432 g/mol. The minimum Gasteiger partial charge on any atom is -0.484 e. The third-order valence-corrected chi connectivity index (χ3v) is 5.19. The molecule has 1 fully saturated rings. The molecule has 1 aliphatic rings. The Morgan fingerprint density at radius 3 is 2.40 bits per heavy atom. The molecule has 0 saturated heterocycles. The first-order chi connectivity index (χ1) is 14.0. The molecule has 6 nitrogen and oxygen atoms in total. The maximum Gasteiger partial charge on any atom is 0.262 e. The van der Waals surface area contributed by atoms with Crippen LogP contribution in [0.3, 0.4) is 0 Å². The molecule has 4 N–H and O–H groups in total. The van der Waals surface area contributed by atoms with Gasteiger partial charge in [0.15, 0.2) is 6.61 Å². The highest BCUT2D eigenvalue weighted by Crippen LogP contribution is 2.24. The van der Waals surface area contributed by atoms with Crippen molar-refractivity contribution in [3.05, 3.63) is 59.7 Å². The van der Waals surface area contributed by atoms with Crippen molar-refractivity contribution in [2.24, 2.45) is 11.7 Å². The van der Waals surface area contributed by atoms with Crippen LogP contribution in [0.15, 0.2) is 48.5 Å². The summed E-state index contributed by atoms with van der Waals surface area (Å²) in [6.45, 7) is 2.55. The first-order valence-electron chi connectivity index (χ1n) is 10.1. The Morgan fingerprint density at radius 2 is 1.77 bits per heavy atom. The quantitative estimate of drug-likeness (QED) is 0.598. The zero-order valence-electron chi connectivity index (χ0n) is 17.2. The number of benzene rings is 2. The molecule has 7 heteroatoms. The van der Waals surface area contributed by atoms with E-state index in [9.17, 15) is 9.59 Å². The fourth-order valence-corrected chi connectivity index (χ4v) is 3.46. The number of halogens is 1. The van der Waals surface area contributed by atoms with Gasteiger partial charge in [0.1, 0.15) is 5.75 Å². The van der Waals surface area contributed by atoms with Crippen molar-refractivity contribution < 1.29 is 14.3 Å². The van der Waals surface area contributed by atoms with Gasteiger partial charge in [0.2, 0.25) is 5.91 Å². The number of rotatable bonds is 8. The van der Waals surface area contributed by atoms with E-state index in [1.807, 2.05) is 55.5 Å². The van der Waals surface area contributed by atoms with E-state index in [0.29, 0.717) is 12.3 Å². The molecule has 1 saturated carbocycles. The molecule has 2 aromatic rings. The largest absolute Gasteiger partial charge is 0.484 e. The van der Waals surface area contributed by atoms with Crippen molar-refractivity contribution in [2.45, 2.75) is 38.6 Å². The van der Waals surface area contributed by atoms with Crippen molar-refractivity contribution >= 4 is 29.9 Å². The lowest BCUT2D eigenvalue weighted by atomic mass is 10.1. The predicted octanol–water partition coefficient (Wildman–Crippen LogP) is 3.22. The molecule has 2 unspecified atom stereocenters. The number of amides is 2. The summed E-state index contributed by atoms with van der Waals surface area (Å²) in [6, 6.07) is 15.4. The number of aryl methyl sites for hydroxylation is 1. The third kappa shape index (κ3) is 7.35. The van der Waals surface area contributed by atoms with Gasteiger partial charge in [-0.15, -0.1) is 12.4 Å². The number of hydrogen-bond donors (Lipinski definition) is 3. The lowest BCUT2D eigenvalue weighted by Crippen LogP contribution is -2.31. The number of hydrogen-bond acceptors (Lipinski definition) is 4. The summed E-state index contributed by atoms with van der Waals surface area (Å²) in [7, 11) is 0. The average Bonchev–Trinajstić information content (AvgIpc) is 3.15. The van der Waals surface area contributed by atoms with E-state index in [-0.39, 0.29) is 42.8 Å². The van der Waals surface area contributed by atoms with Gasteiger partial charge in [-0.05, 0) is 62.4 Å². The van der Waals surface area contributed by atoms with E-state index < -0.39 is 0 Å². The summed E-state index contributed by atoms with van der Waals surface area (Å²) in [5.41, 5.74) is 8.86. The molecule has 0 bridgehead atoms. The Hall–Kier alpha value is -2.57. The second kappa shape index (κ2) is 11.6. The molecule has 3 rings (SSSR count). The van der Waals surface area contributed by atoms with Crippen LogP contribution in [0.4, 0.5) is 5.69 Å². The van der Waals surface area contributed by atoms with E-state index in [2.05, 4.69) is 10.6 Å². The van der Waals surface area contributed by atoms with E-state index in [4.69, 9.17) is 10.5 Å². The normalized spacial score (nSPS) is 17.7. The van der Waals surface area contributed by atoms with E-state index in [1.54, 1.807) is 0 Å². The van der Waals surface area contributed by atoms with E-state index in [1.165, 1.54) is 0 Å². The van der Waals surface area contributed by atoms with Gasteiger partial charge in [-0.1, -0.05) is 29.8 Å². The van der Waals surface area contributed by atoms with Crippen LogP contribution in [0.2, 0.25) is 0 Å². The van der Waals surface area contributed by atoms with Crippen LogP contribution in [0.25, 0.3) is 0 Å².